The average molecular weight is 491 g/mol. The first-order chi connectivity index (χ1) is 17.0. The van der Waals surface area contributed by atoms with Gasteiger partial charge >= 0.3 is 0 Å². The Hall–Kier alpha value is -3.25. The lowest BCUT2D eigenvalue weighted by molar-refractivity contribution is -0.139. The smallest absolute Gasteiger partial charge is 0.243 e. The molecule has 5 nitrogen and oxygen atoms in total. The molecule has 3 aromatic carbocycles. The second-order valence-corrected chi connectivity index (χ2v) is 9.70. The first-order valence-electron chi connectivity index (χ1n) is 11.8. The van der Waals surface area contributed by atoms with Crippen molar-refractivity contribution in [3.05, 3.63) is 102 Å². The van der Waals surface area contributed by atoms with E-state index in [4.69, 9.17) is 4.74 Å². The van der Waals surface area contributed by atoms with Crippen molar-refractivity contribution in [3.63, 3.8) is 0 Å². The number of methoxy groups -OCH3 is 1. The van der Waals surface area contributed by atoms with Crippen LogP contribution in [0.1, 0.15) is 30.5 Å². The molecule has 0 aliphatic carbocycles. The topological polar surface area (TPSA) is 58.6 Å². The molecule has 184 valence electrons. The lowest BCUT2D eigenvalue weighted by atomic mass is 10.0. The standard InChI is InChI=1S/C29H34N2O3S/c1-22(2)30-29(33)27(18-23-10-6-4-7-11-23)31(19-24-12-8-5-9-13-24)28(32)21-35-20-25-14-16-26(34-3)17-15-25/h4-17,22,27H,18-21H2,1-3H3,(H,30,33)/t27-/m0/s1. The Balaban J connectivity index is 1.79. The van der Waals surface area contributed by atoms with Gasteiger partial charge in [-0.2, -0.15) is 0 Å². The summed E-state index contributed by atoms with van der Waals surface area (Å²) >= 11 is 1.55. The summed E-state index contributed by atoms with van der Waals surface area (Å²) in [7, 11) is 1.64. The zero-order valence-corrected chi connectivity index (χ0v) is 21.5. The quantitative estimate of drug-likeness (QED) is 0.384. The highest BCUT2D eigenvalue weighted by Crippen LogP contribution is 2.20. The van der Waals surface area contributed by atoms with E-state index in [1.807, 2.05) is 98.8 Å². The summed E-state index contributed by atoms with van der Waals surface area (Å²) in [5.74, 6) is 1.62. The first-order valence-corrected chi connectivity index (χ1v) is 13.0. The Labute approximate surface area is 212 Å². The number of hydrogen-bond donors (Lipinski definition) is 1. The molecule has 0 spiro atoms. The summed E-state index contributed by atoms with van der Waals surface area (Å²) in [6, 6.07) is 27.0. The Kier molecular flexibility index (Phi) is 10.2. The molecule has 1 atom stereocenters. The van der Waals surface area contributed by atoms with Crippen molar-refractivity contribution in [1.82, 2.24) is 10.2 Å². The van der Waals surface area contributed by atoms with E-state index in [-0.39, 0.29) is 17.9 Å². The number of rotatable bonds is 12. The van der Waals surface area contributed by atoms with Gasteiger partial charge in [0.1, 0.15) is 11.8 Å². The Morgan fingerprint density at radius 3 is 2.03 bits per heavy atom. The van der Waals surface area contributed by atoms with Gasteiger partial charge in [0.25, 0.3) is 0 Å². The Bertz CT molecular complexity index is 1060. The molecular weight excluding hydrogens is 456 g/mol. The zero-order valence-electron chi connectivity index (χ0n) is 20.6. The van der Waals surface area contributed by atoms with Gasteiger partial charge in [0.05, 0.1) is 12.9 Å². The molecule has 0 unspecified atom stereocenters. The van der Waals surface area contributed by atoms with Gasteiger partial charge in [-0.15, -0.1) is 11.8 Å². The fourth-order valence-corrected chi connectivity index (χ4v) is 4.65. The van der Waals surface area contributed by atoms with E-state index in [0.717, 1.165) is 22.4 Å². The lowest BCUT2D eigenvalue weighted by Crippen LogP contribution is -2.52. The second kappa shape index (κ2) is 13.6. The number of carbonyl (C=O) groups excluding carboxylic acids is 2. The third-order valence-corrected chi connectivity index (χ3v) is 6.54. The minimum atomic E-state index is -0.603. The highest BCUT2D eigenvalue weighted by atomic mass is 32.2. The maximum absolute atomic E-state index is 13.6. The van der Waals surface area contributed by atoms with E-state index < -0.39 is 6.04 Å². The van der Waals surface area contributed by atoms with Gasteiger partial charge in [0.2, 0.25) is 11.8 Å². The highest BCUT2D eigenvalue weighted by molar-refractivity contribution is 7.99. The molecule has 0 heterocycles. The van der Waals surface area contributed by atoms with Gasteiger partial charge in [-0.25, -0.2) is 0 Å². The first kappa shape index (κ1) is 26.4. The lowest BCUT2D eigenvalue weighted by Gasteiger charge is -2.32. The van der Waals surface area contributed by atoms with E-state index in [1.165, 1.54) is 0 Å². The highest BCUT2D eigenvalue weighted by Gasteiger charge is 2.30. The molecule has 0 saturated heterocycles. The molecule has 0 bridgehead atoms. The van der Waals surface area contributed by atoms with Crippen molar-refractivity contribution in [2.75, 3.05) is 12.9 Å². The van der Waals surface area contributed by atoms with Gasteiger partial charge in [0, 0.05) is 24.8 Å². The van der Waals surface area contributed by atoms with Crippen LogP contribution >= 0.6 is 11.8 Å². The van der Waals surface area contributed by atoms with Gasteiger partial charge in [-0.1, -0.05) is 72.8 Å². The summed E-state index contributed by atoms with van der Waals surface area (Å²) in [6.07, 6.45) is 0.459. The van der Waals surface area contributed by atoms with E-state index in [1.54, 1.807) is 23.8 Å². The number of nitrogens with one attached hydrogen (secondary N) is 1. The van der Waals surface area contributed by atoms with Crippen LogP contribution in [0.25, 0.3) is 0 Å². The van der Waals surface area contributed by atoms with Crippen LogP contribution in [0.3, 0.4) is 0 Å². The van der Waals surface area contributed by atoms with Crippen molar-refractivity contribution >= 4 is 23.6 Å². The number of benzene rings is 3. The van der Waals surface area contributed by atoms with E-state index in [9.17, 15) is 9.59 Å². The van der Waals surface area contributed by atoms with Crippen molar-refractivity contribution in [2.24, 2.45) is 0 Å². The van der Waals surface area contributed by atoms with Crippen LogP contribution < -0.4 is 10.1 Å². The van der Waals surface area contributed by atoms with Crippen molar-refractivity contribution in [3.8, 4) is 5.75 Å². The average Bonchev–Trinajstić information content (AvgIpc) is 2.87. The van der Waals surface area contributed by atoms with Gasteiger partial charge in [0.15, 0.2) is 0 Å². The Morgan fingerprint density at radius 1 is 0.857 bits per heavy atom. The van der Waals surface area contributed by atoms with E-state index in [0.29, 0.717) is 24.5 Å². The summed E-state index contributed by atoms with van der Waals surface area (Å²) in [4.78, 5) is 28.6. The molecule has 0 aliphatic rings. The fraction of sp³-hybridized carbons (Fsp3) is 0.310. The minimum Gasteiger partial charge on any atom is -0.497 e. The number of thioether (sulfide) groups is 1. The Morgan fingerprint density at radius 2 is 1.46 bits per heavy atom. The van der Waals surface area contributed by atoms with Crippen molar-refractivity contribution < 1.29 is 14.3 Å². The second-order valence-electron chi connectivity index (χ2n) is 8.72. The van der Waals surface area contributed by atoms with Crippen LogP contribution in [0.2, 0.25) is 0 Å². The van der Waals surface area contributed by atoms with Gasteiger partial charge in [-0.3, -0.25) is 9.59 Å². The van der Waals surface area contributed by atoms with Crippen LogP contribution in [-0.4, -0.2) is 41.7 Å². The maximum Gasteiger partial charge on any atom is 0.243 e. The predicted molar refractivity (Wildman–Crippen MR) is 143 cm³/mol. The number of nitrogens with zero attached hydrogens (tertiary/aromatic N) is 1. The zero-order chi connectivity index (χ0) is 25.0. The summed E-state index contributed by atoms with van der Waals surface area (Å²) in [5.41, 5.74) is 3.14. The molecule has 0 aliphatic heterocycles. The molecule has 3 aromatic rings. The predicted octanol–water partition coefficient (Wildman–Crippen LogP) is 5.09. The number of ether oxygens (including phenoxy) is 1. The van der Waals surface area contributed by atoms with Crippen LogP contribution in [0.5, 0.6) is 5.75 Å². The summed E-state index contributed by atoms with van der Waals surface area (Å²) in [5, 5.41) is 3.03. The summed E-state index contributed by atoms with van der Waals surface area (Å²) < 4.78 is 5.22. The molecule has 35 heavy (non-hydrogen) atoms. The van der Waals surface area contributed by atoms with Crippen LogP contribution in [0, 0.1) is 0 Å². The molecule has 0 aromatic heterocycles. The number of amides is 2. The molecule has 2 amide bonds. The maximum atomic E-state index is 13.6. The molecule has 0 radical (unpaired) electrons. The normalized spacial score (nSPS) is 11.7. The molecule has 3 rings (SSSR count). The third-order valence-electron chi connectivity index (χ3n) is 5.55. The molecule has 1 N–H and O–H groups in total. The molecule has 0 fully saturated rings. The van der Waals surface area contributed by atoms with Crippen LogP contribution in [0.4, 0.5) is 0 Å². The molecular formula is C29H34N2O3S. The SMILES string of the molecule is COc1ccc(CSCC(=O)N(Cc2ccccc2)[C@@H](Cc2ccccc2)C(=O)NC(C)C)cc1. The number of hydrogen-bond acceptors (Lipinski definition) is 4. The largest absolute Gasteiger partial charge is 0.497 e. The van der Waals surface area contributed by atoms with E-state index >= 15 is 0 Å². The monoisotopic (exact) mass is 490 g/mol. The van der Waals surface area contributed by atoms with E-state index in [2.05, 4.69) is 5.32 Å². The minimum absolute atomic E-state index is 0.0149. The van der Waals surface area contributed by atoms with Crippen molar-refractivity contribution in [1.29, 1.82) is 0 Å². The van der Waals surface area contributed by atoms with Crippen molar-refractivity contribution in [2.45, 2.75) is 44.6 Å². The van der Waals surface area contributed by atoms with Crippen LogP contribution in [0.15, 0.2) is 84.9 Å². The molecule has 6 heteroatoms. The number of carbonyl (C=O) groups is 2. The fourth-order valence-electron chi connectivity index (χ4n) is 3.78. The van der Waals surface area contributed by atoms with Gasteiger partial charge in [-0.05, 0) is 42.7 Å². The third kappa shape index (κ3) is 8.48. The summed E-state index contributed by atoms with van der Waals surface area (Å²) in [6.45, 7) is 4.25. The van der Waals surface area contributed by atoms with Crippen LogP contribution in [-0.2, 0) is 28.3 Å². The van der Waals surface area contributed by atoms with Gasteiger partial charge < -0.3 is 15.0 Å². The molecule has 0 saturated carbocycles.